The maximum absolute atomic E-state index is 2.99. The van der Waals surface area contributed by atoms with Crippen LogP contribution in [-0.2, 0) is 47.8 Å². The molecule has 0 saturated heterocycles. The number of hydrogen-bond donors (Lipinski definition) is 0. The van der Waals surface area contributed by atoms with Gasteiger partial charge in [-0.25, -0.2) is 24.3 Å². The summed E-state index contributed by atoms with van der Waals surface area (Å²) in [5, 5.41) is 10.8. The van der Waals surface area contributed by atoms with Gasteiger partial charge in [0.25, 0.3) is 0 Å². The Balaban J connectivity index is 0.000000185. The maximum Gasteiger partial charge on any atom is -0.0771 e. The fourth-order valence-electron chi connectivity index (χ4n) is 5.86. The monoisotopic (exact) mass is 1100 g/mol. The SMILES string of the molecule is C[C](=[Hf+2])c1ccccc1.C[C](=[Hf+2])c1ccccc1.Cl.Cl.[C-]1=CC=CC1.[C-]1=CC=CC1.c1ccc2c(c1)[cH-]c1ccccc12.c1ccc2c(c1)[cH-]c1ccccc12. The average Bonchev–Trinajstić information content (AvgIpc) is 4.08. The van der Waals surface area contributed by atoms with Crippen molar-refractivity contribution in [2.45, 2.75) is 26.7 Å². The van der Waals surface area contributed by atoms with Gasteiger partial charge in [-0.3, -0.25) is 12.2 Å². The molecule has 0 spiro atoms. The van der Waals surface area contributed by atoms with E-state index in [-0.39, 0.29) is 24.8 Å². The minimum atomic E-state index is 0. The van der Waals surface area contributed by atoms with Gasteiger partial charge in [0.1, 0.15) is 0 Å². The van der Waals surface area contributed by atoms with Crippen LogP contribution in [0.25, 0.3) is 43.1 Å². The first-order chi connectivity index (χ1) is 26.5. The Morgan fingerprint density at radius 3 is 0.875 bits per heavy atom. The third-order valence-corrected chi connectivity index (χ3v) is 10.7. The number of halogens is 2. The fraction of sp³-hybridized carbons (Fsp3) is 0.0769. The van der Waals surface area contributed by atoms with Crippen molar-refractivity contribution in [2.24, 2.45) is 0 Å². The quantitative estimate of drug-likeness (QED) is 0.120. The minimum Gasteiger partial charge on any atom is -0.273 e. The molecule has 0 saturated carbocycles. The summed E-state index contributed by atoms with van der Waals surface area (Å²) in [6.45, 7) is 4.36. The standard InChI is InChI=1S/2C13H9.2C8H8.2C5H5.2ClH.2Hf/c2*1-3-7-12-10(5-1)9-11-6-2-4-8-13(11)12;2*1-2-8-6-4-3-5-7-8;2*1-2-4-5-3-1;;;;/h2*1-9H;2*3-7H,1H3;2*1-3H,4H2;2*1H;;/q2*-1;;;2*-1;;;2*+2. The first-order valence-electron chi connectivity index (χ1n) is 18.2. The first kappa shape index (κ1) is 46.5. The molecule has 10 rings (SSSR count). The van der Waals surface area contributed by atoms with E-state index in [1.807, 2.05) is 36.4 Å². The van der Waals surface area contributed by atoms with Crippen molar-refractivity contribution in [1.82, 2.24) is 0 Å². The third kappa shape index (κ3) is 14.9. The van der Waals surface area contributed by atoms with Gasteiger partial charge in [0.2, 0.25) is 0 Å². The summed E-state index contributed by atoms with van der Waals surface area (Å²) in [5.74, 6) is 0. The molecule has 0 fully saturated rings. The summed E-state index contributed by atoms with van der Waals surface area (Å²) in [6, 6.07) is 59.6. The molecule has 2 aliphatic carbocycles. The molecule has 0 unspecified atom stereocenters. The molecular weight excluding hydrogens is 1050 g/mol. The second-order valence-electron chi connectivity index (χ2n) is 12.6. The van der Waals surface area contributed by atoms with Crippen molar-refractivity contribution in [3.05, 3.63) is 230 Å². The molecule has 56 heavy (non-hydrogen) atoms. The van der Waals surface area contributed by atoms with Gasteiger partial charge in [-0.1, -0.05) is 72.8 Å². The Morgan fingerprint density at radius 1 is 0.411 bits per heavy atom. The van der Waals surface area contributed by atoms with E-state index in [9.17, 15) is 0 Å². The summed E-state index contributed by atoms with van der Waals surface area (Å²) in [5.41, 5.74) is 2.79. The molecule has 8 aromatic rings. The average molecular weight is 1100 g/mol. The van der Waals surface area contributed by atoms with E-state index in [1.165, 1.54) is 109 Å². The summed E-state index contributed by atoms with van der Waals surface area (Å²) in [6.07, 6.45) is 20.0. The molecule has 0 amide bonds. The zero-order valence-electron chi connectivity index (χ0n) is 31.9. The van der Waals surface area contributed by atoms with Crippen LogP contribution in [0.2, 0.25) is 0 Å². The molecule has 0 atom stereocenters. The van der Waals surface area contributed by atoms with Crippen molar-refractivity contribution in [3.8, 4) is 0 Å². The van der Waals surface area contributed by atoms with Crippen molar-refractivity contribution in [3.63, 3.8) is 0 Å². The molecule has 0 radical (unpaired) electrons. The van der Waals surface area contributed by atoms with Crippen LogP contribution in [-0.4, -0.2) is 6.51 Å². The Morgan fingerprint density at radius 2 is 0.679 bits per heavy atom. The van der Waals surface area contributed by atoms with E-state index in [0.717, 1.165) is 12.8 Å². The van der Waals surface area contributed by atoms with Gasteiger partial charge < -0.3 is 0 Å². The molecule has 4 heteroatoms. The number of fused-ring (bicyclic) bond motifs is 6. The van der Waals surface area contributed by atoms with Crippen LogP contribution in [0, 0.1) is 12.2 Å². The van der Waals surface area contributed by atoms with Crippen LogP contribution in [0.15, 0.2) is 206 Å². The fourth-order valence-corrected chi connectivity index (χ4v) is 7.06. The molecule has 2 aliphatic rings. The molecule has 0 nitrogen and oxygen atoms in total. The van der Waals surface area contributed by atoms with Gasteiger partial charge in [-0.05, 0) is 0 Å². The first-order valence-corrected chi connectivity index (χ1v) is 21.8. The number of benzene rings is 6. The Bertz CT molecular complexity index is 2200. The number of allylic oxidation sites excluding steroid dienone is 8. The van der Waals surface area contributed by atoms with Crippen molar-refractivity contribution >= 4 is 74.4 Å². The largest absolute Gasteiger partial charge is 0.273 e. The normalized spacial score (nSPS) is 11.2. The minimum absolute atomic E-state index is 0. The predicted octanol–water partition coefficient (Wildman–Crippen LogP) is 14.4. The number of hydrogen-bond acceptors (Lipinski definition) is 0. The van der Waals surface area contributed by atoms with Crippen molar-refractivity contribution in [1.29, 1.82) is 0 Å². The van der Waals surface area contributed by atoms with Crippen molar-refractivity contribution < 1.29 is 47.8 Å². The summed E-state index contributed by atoms with van der Waals surface area (Å²) < 4.78 is 3.02. The maximum atomic E-state index is 2.99. The van der Waals surface area contributed by atoms with E-state index in [0.29, 0.717) is 0 Å². The molecule has 0 aromatic heterocycles. The molecule has 0 N–H and O–H groups in total. The second kappa shape index (κ2) is 26.1. The van der Waals surface area contributed by atoms with Gasteiger partial charge in [-0.15, -0.1) is 117 Å². The van der Waals surface area contributed by atoms with Gasteiger partial charge in [-0.2, -0.15) is 12.2 Å². The summed E-state index contributed by atoms with van der Waals surface area (Å²) in [7, 11) is 0. The van der Waals surface area contributed by atoms with Gasteiger partial charge >= 0.3 is 140 Å². The Hall–Kier alpha value is -3.92. The second-order valence-corrected chi connectivity index (χ2v) is 18.0. The van der Waals surface area contributed by atoms with E-state index < -0.39 is 0 Å². The van der Waals surface area contributed by atoms with Crippen molar-refractivity contribution in [2.75, 3.05) is 0 Å². The smallest absolute Gasteiger partial charge is 0.0771 e. The molecule has 8 aromatic carbocycles. The zero-order chi connectivity index (χ0) is 37.8. The van der Waals surface area contributed by atoms with E-state index >= 15 is 0 Å². The molecular formula is C52H46Cl2Hf2. The van der Waals surface area contributed by atoms with Crippen LogP contribution >= 0.6 is 24.8 Å². The van der Waals surface area contributed by atoms with Crippen LogP contribution in [0.4, 0.5) is 0 Å². The summed E-state index contributed by atoms with van der Waals surface area (Å²) in [4.78, 5) is 0. The topological polar surface area (TPSA) is 0 Å². The number of rotatable bonds is 2. The third-order valence-electron chi connectivity index (χ3n) is 8.63. The Labute approximate surface area is 375 Å². The van der Waals surface area contributed by atoms with Crippen LogP contribution in [0.5, 0.6) is 0 Å². The van der Waals surface area contributed by atoms with E-state index in [4.69, 9.17) is 0 Å². The van der Waals surface area contributed by atoms with E-state index in [2.05, 4.69) is 196 Å². The predicted molar refractivity (Wildman–Crippen MR) is 244 cm³/mol. The van der Waals surface area contributed by atoms with Gasteiger partial charge in [0.05, 0.1) is 0 Å². The zero-order valence-corrected chi connectivity index (χ0v) is 40.7. The van der Waals surface area contributed by atoms with Crippen LogP contribution in [0.3, 0.4) is 0 Å². The summed E-state index contributed by atoms with van der Waals surface area (Å²) >= 11 is 2.35. The molecule has 276 valence electrons. The molecule has 0 aliphatic heterocycles. The van der Waals surface area contributed by atoms with Gasteiger partial charge in [0.15, 0.2) is 0 Å². The molecule has 0 heterocycles. The Kier molecular flexibility index (Phi) is 21.6. The van der Waals surface area contributed by atoms with Crippen LogP contribution in [0.1, 0.15) is 37.8 Å². The molecule has 0 bridgehead atoms. The van der Waals surface area contributed by atoms with E-state index in [1.54, 1.807) is 0 Å². The van der Waals surface area contributed by atoms with Crippen LogP contribution < -0.4 is 0 Å². The van der Waals surface area contributed by atoms with Gasteiger partial charge in [0, 0.05) is 0 Å².